The number of anilines is 1. The van der Waals surface area contributed by atoms with Crippen LogP contribution in [0.1, 0.15) is 33.1 Å². The Morgan fingerprint density at radius 1 is 1.22 bits per heavy atom. The fourth-order valence-corrected chi connectivity index (χ4v) is 3.20. The first-order valence-electron chi connectivity index (χ1n) is 6.52. The quantitative estimate of drug-likeness (QED) is 0.861. The number of rotatable bonds is 6. The minimum atomic E-state index is -3.09. The highest BCUT2D eigenvalue weighted by atomic mass is 32.2. The van der Waals surface area contributed by atoms with Crippen LogP contribution in [0.15, 0.2) is 29.2 Å². The van der Waals surface area contributed by atoms with Gasteiger partial charge in [-0.3, -0.25) is 0 Å². The standard InChI is InChI=1S/C14H21NO2S/c1-3-10-18(16,17)13-6-4-12(5-7-13)15-11-14(2)8-9-14/h4-7,15H,3,8-11H2,1-2H3. The van der Waals surface area contributed by atoms with E-state index in [1.807, 2.05) is 19.1 Å². The highest BCUT2D eigenvalue weighted by Crippen LogP contribution is 2.44. The molecule has 100 valence electrons. The van der Waals surface area contributed by atoms with Crippen molar-refractivity contribution < 1.29 is 8.42 Å². The lowest BCUT2D eigenvalue weighted by molar-refractivity contribution is 0.594. The van der Waals surface area contributed by atoms with Crippen molar-refractivity contribution in [3.8, 4) is 0 Å². The number of hydrogen-bond acceptors (Lipinski definition) is 3. The molecule has 1 aromatic carbocycles. The van der Waals surface area contributed by atoms with Crippen LogP contribution in [0.4, 0.5) is 5.69 Å². The lowest BCUT2D eigenvalue weighted by Crippen LogP contribution is -2.12. The van der Waals surface area contributed by atoms with Gasteiger partial charge < -0.3 is 5.32 Å². The topological polar surface area (TPSA) is 46.2 Å². The summed E-state index contributed by atoms with van der Waals surface area (Å²) in [5.41, 5.74) is 1.45. The maximum atomic E-state index is 11.9. The molecule has 0 amide bonds. The molecule has 1 aromatic rings. The molecule has 0 aromatic heterocycles. The van der Waals surface area contributed by atoms with E-state index >= 15 is 0 Å². The van der Waals surface area contributed by atoms with Gasteiger partial charge in [-0.2, -0.15) is 0 Å². The first-order chi connectivity index (χ1) is 8.45. The summed E-state index contributed by atoms with van der Waals surface area (Å²) in [5.74, 6) is 0.220. The van der Waals surface area contributed by atoms with E-state index in [1.165, 1.54) is 12.8 Å². The smallest absolute Gasteiger partial charge is 0.178 e. The van der Waals surface area contributed by atoms with Crippen LogP contribution in [0, 0.1) is 5.41 Å². The van der Waals surface area contributed by atoms with E-state index in [4.69, 9.17) is 0 Å². The predicted molar refractivity (Wildman–Crippen MR) is 74.6 cm³/mol. The van der Waals surface area contributed by atoms with Gasteiger partial charge in [0.1, 0.15) is 0 Å². The number of benzene rings is 1. The molecule has 1 N–H and O–H groups in total. The average Bonchev–Trinajstić information content (AvgIpc) is 3.06. The Labute approximate surface area is 110 Å². The Morgan fingerprint density at radius 3 is 2.33 bits per heavy atom. The molecule has 2 rings (SSSR count). The Kier molecular flexibility index (Phi) is 3.66. The molecular weight excluding hydrogens is 246 g/mol. The Bertz CT molecular complexity index is 501. The zero-order valence-corrected chi connectivity index (χ0v) is 11.9. The van der Waals surface area contributed by atoms with Crippen LogP contribution in [0.25, 0.3) is 0 Å². The van der Waals surface area contributed by atoms with Gasteiger partial charge in [0, 0.05) is 12.2 Å². The lowest BCUT2D eigenvalue weighted by atomic mass is 10.1. The van der Waals surface area contributed by atoms with Gasteiger partial charge in [-0.05, 0) is 48.9 Å². The van der Waals surface area contributed by atoms with Gasteiger partial charge in [0.25, 0.3) is 0 Å². The molecule has 0 spiro atoms. The van der Waals surface area contributed by atoms with Crippen LogP contribution in [0.2, 0.25) is 0 Å². The van der Waals surface area contributed by atoms with Gasteiger partial charge in [0.2, 0.25) is 0 Å². The van der Waals surface area contributed by atoms with Crippen molar-refractivity contribution in [2.45, 2.75) is 38.0 Å². The highest BCUT2D eigenvalue weighted by Gasteiger charge is 2.36. The van der Waals surface area contributed by atoms with Crippen molar-refractivity contribution >= 4 is 15.5 Å². The second-order valence-electron chi connectivity index (χ2n) is 5.51. The third-order valence-corrected chi connectivity index (χ3v) is 5.45. The van der Waals surface area contributed by atoms with E-state index in [2.05, 4.69) is 12.2 Å². The third kappa shape index (κ3) is 3.25. The van der Waals surface area contributed by atoms with Crippen LogP contribution in [0.3, 0.4) is 0 Å². The van der Waals surface area contributed by atoms with E-state index in [1.54, 1.807) is 12.1 Å². The molecule has 1 fully saturated rings. The predicted octanol–water partition coefficient (Wildman–Crippen LogP) is 3.08. The third-order valence-electron chi connectivity index (χ3n) is 3.51. The molecule has 0 aliphatic heterocycles. The molecule has 1 aliphatic rings. The second-order valence-corrected chi connectivity index (χ2v) is 7.62. The van der Waals surface area contributed by atoms with Crippen LogP contribution >= 0.6 is 0 Å². The fourth-order valence-electron chi connectivity index (χ4n) is 1.87. The van der Waals surface area contributed by atoms with Gasteiger partial charge in [-0.15, -0.1) is 0 Å². The normalized spacial score (nSPS) is 17.4. The zero-order chi connectivity index (χ0) is 13.2. The number of hydrogen-bond donors (Lipinski definition) is 1. The van der Waals surface area contributed by atoms with Crippen molar-refractivity contribution in [2.75, 3.05) is 17.6 Å². The van der Waals surface area contributed by atoms with Crippen LogP contribution in [-0.2, 0) is 9.84 Å². The van der Waals surface area contributed by atoms with Crippen LogP contribution in [0.5, 0.6) is 0 Å². The molecule has 0 radical (unpaired) electrons. The molecule has 18 heavy (non-hydrogen) atoms. The lowest BCUT2D eigenvalue weighted by Gasteiger charge is -2.11. The van der Waals surface area contributed by atoms with Gasteiger partial charge >= 0.3 is 0 Å². The molecule has 1 saturated carbocycles. The Morgan fingerprint density at radius 2 is 1.83 bits per heavy atom. The monoisotopic (exact) mass is 267 g/mol. The molecule has 0 unspecified atom stereocenters. The Hall–Kier alpha value is -1.03. The van der Waals surface area contributed by atoms with Crippen LogP contribution < -0.4 is 5.32 Å². The summed E-state index contributed by atoms with van der Waals surface area (Å²) in [7, 11) is -3.09. The molecular formula is C14H21NO2S. The summed E-state index contributed by atoms with van der Waals surface area (Å²) >= 11 is 0. The molecule has 4 heteroatoms. The molecule has 1 aliphatic carbocycles. The summed E-state index contributed by atoms with van der Waals surface area (Å²) in [5, 5.41) is 3.36. The summed E-state index contributed by atoms with van der Waals surface area (Å²) in [6.45, 7) is 5.11. The number of nitrogens with one attached hydrogen (secondary N) is 1. The minimum absolute atomic E-state index is 0.220. The highest BCUT2D eigenvalue weighted by molar-refractivity contribution is 7.91. The SMILES string of the molecule is CCCS(=O)(=O)c1ccc(NCC2(C)CC2)cc1. The first-order valence-corrected chi connectivity index (χ1v) is 8.17. The maximum Gasteiger partial charge on any atom is 0.178 e. The minimum Gasteiger partial charge on any atom is -0.384 e. The summed E-state index contributed by atoms with van der Waals surface area (Å²) in [6, 6.07) is 7.10. The van der Waals surface area contributed by atoms with E-state index in [0.717, 1.165) is 12.2 Å². The maximum absolute atomic E-state index is 11.9. The van der Waals surface area contributed by atoms with Crippen molar-refractivity contribution in [3.63, 3.8) is 0 Å². The van der Waals surface area contributed by atoms with Crippen molar-refractivity contribution in [1.29, 1.82) is 0 Å². The Balaban J connectivity index is 2.01. The van der Waals surface area contributed by atoms with Gasteiger partial charge in [-0.25, -0.2) is 8.42 Å². The molecule has 0 heterocycles. The molecule has 0 saturated heterocycles. The average molecular weight is 267 g/mol. The summed E-state index contributed by atoms with van der Waals surface area (Å²) in [4.78, 5) is 0.424. The van der Waals surface area contributed by atoms with Crippen LogP contribution in [-0.4, -0.2) is 20.7 Å². The van der Waals surface area contributed by atoms with Crippen molar-refractivity contribution in [2.24, 2.45) is 5.41 Å². The van der Waals surface area contributed by atoms with Gasteiger partial charge in [-0.1, -0.05) is 13.8 Å². The van der Waals surface area contributed by atoms with E-state index in [-0.39, 0.29) is 5.75 Å². The number of sulfone groups is 1. The fraction of sp³-hybridized carbons (Fsp3) is 0.571. The van der Waals surface area contributed by atoms with Crippen molar-refractivity contribution in [3.05, 3.63) is 24.3 Å². The second kappa shape index (κ2) is 4.92. The first kappa shape index (κ1) is 13.4. The summed E-state index contributed by atoms with van der Waals surface area (Å²) in [6.07, 6.45) is 3.21. The van der Waals surface area contributed by atoms with E-state index < -0.39 is 9.84 Å². The van der Waals surface area contributed by atoms with Crippen molar-refractivity contribution in [1.82, 2.24) is 0 Å². The van der Waals surface area contributed by atoms with Gasteiger partial charge in [0.15, 0.2) is 9.84 Å². The largest absolute Gasteiger partial charge is 0.384 e. The van der Waals surface area contributed by atoms with Gasteiger partial charge in [0.05, 0.1) is 10.6 Å². The zero-order valence-electron chi connectivity index (χ0n) is 11.1. The molecule has 0 bridgehead atoms. The summed E-state index contributed by atoms with van der Waals surface area (Å²) < 4.78 is 23.7. The molecule has 0 atom stereocenters. The van der Waals surface area contributed by atoms with E-state index in [9.17, 15) is 8.42 Å². The van der Waals surface area contributed by atoms with E-state index in [0.29, 0.717) is 16.7 Å². The molecule has 3 nitrogen and oxygen atoms in total.